The van der Waals surface area contributed by atoms with Crippen molar-refractivity contribution in [3.63, 3.8) is 0 Å². The lowest BCUT2D eigenvalue weighted by atomic mass is 10.0. The van der Waals surface area contributed by atoms with Crippen LogP contribution in [0.3, 0.4) is 0 Å². The number of hydrogen-bond acceptors (Lipinski definition) is 3. The molecule has 0 saturated carbocycles. The monoisotopic (exact) mass is 253 g/mol. The molecule has 0 fully saturated rings. The predicted molar refractivity (Wildman–Crippen MR) is 66.8 cm³/mol. The number of nitriles is 1. The summed E-state index contributed by atoms with van der Waals surface area (Å²) in [6.45, 7) is 1.46. The number of benzene rings is 1. The number of thioether (sulfide) groups is 1. The fourth-order valence-electron chi connectivity index (χ4n) is 1.50. The molecule has 0 heterocycles. The van der Waals surface area contributed by atoms with E-state index in [1.807, 2.05) is 24.5 Å². The Hall–Kier alpha value is -0.980. The van der Waals surface area contributed by atoms with Crippen LogP contribution in [0.2, 0.25) is 0 Å². The molecule has 0 aliphatic carbocycles. The van der Waals surface area contributed by atoms with Gasteiger partial charge in [-0.05, 0) is 30.4 Å². The minimum Gasteiger partial charge on any atom is -0.298 e. The van der Waals surface area contributed by atoms with Gasteiger partial charge in [-0.3, -0.25) is 4.79 Å². The molecule has 1 rings (SSSR count). The molecule has 1 aromatic carbocycles. The van der Waals surface area contributed by atoms with Crippen LogP contribution in [0, 0.1) is 11.3 Å². The van der Waals surface area contributed by atoms with Crippen molar-refractivity contribution in [2.45, 2.75) is 23.6 Å². The van der Waals surface area contributed by atoms with Crippen LogP contribution in [0.5, 0.6) is 0 Å². The summed E-state index contributed by atoms with van der Waals surface area (Å²) in [4.78, 5) is 12.3. The second-order valence-electron chi connectivity index (χ2n) is 3.34. The molecule has 0 aliphatic heterocycles. The van der Waals surface area contributed by atoms with Crippen LogP contribution in [0.25, 0.3) is 0 Å². The zero-order chi connectivity index (χ0) is 12.1. The van der Waals surface area contributed by atoms with Crippen molar-refractivity contribution >= 4 is 29.1 Å². The molecule has 0 aromatic heterocycles. The maximum absolute atomic E-state index is 11.3. The van der Waals surface area contributed by atoms with Crippen molar-refractivity contribution in [1.82, 2.24) is 0 Å². The maximum Gasteiger partial charge on any atom is 0.152 e. The van der Waals surface area contributed by atoms with Gasteiger partial charge in [0.25, 0.3) is 0 Å². The second-order valence-corrected chi connectivity index (χ2v) is 4.62. The van der Waals surface area contributed by atoms with E-state index in [2.05, 4.69) is 6.07 Å². The summed E-state index contributed by atoms with van der Waals surface area (Å²) in [7, 11) is 0. The highest BCUT2D eigenvalue weighted by Crippen LogP contribution is 2.31. The number of ketones is 1. The number of alkyl halides is 1. The van der Waals surface area contributed by atoms with Crippen molar-refractivity contribution in [3.8, 4) is 6.07 Å². The SMILES string of the molecule is CSc1cccc(C(Cl)C(C)=O)c1CC#N. The van der Waals surface area contributed by atoms with Crippen molar-refractivity contribution in [3.05, 3.63) is 29.3 Å². The van der Waals surface area contributed by atoms with Gasteiger partial charge in [0.2, 0.25) is 0 Å². The molecule has 0 saturated heterocycles. The zero-order valence-corrected chi connectivity index (χ0v) is 10.7. The van der Waals surface area contributed by atoms with E-state index in [1.165, 1.54) is 6.92 Å². The van der Waals surface area contributed by atoms with E-state index in [1.54, 1.807) is 11.8 Å². The average molecular weight is 254 g/mol. The Kier molecular flexibility index (Phi) is 4.85. The van der Waals surface area contributed by atoms with Gasteiger partial charge in [-0.15, -0.1) is 23.4 Å². The van der Waals surface area contributed by atoms with Gasteiger partial charge in [0.05, 0.1) is 12.5 Å². The molecule has 1 aromatic rings. The Bertz CT molecular complexity index is 439. The van der Waals surface area contributed by atoms with Gasteiger partial charge >= 0.3 is 0 Å². The first kappa shape index (κ1) is 13.1. The first-order valence-corrected chi connectivity index (χ1v) is 6.45. The second kappa shape index (κ2) is 5.93. The van der Waals surface area contributed by atoms with Gasteiger partial charge in [-0.1, -0.05) is 12.1 Å². The molecule has 1 atom stereocenters. The van der Waals surface area contributed by atoms with E-state index in [9.17, 15) is 4.79 Å². The molecule has 0 spiro atoms. The van der Waals surface area contributed by atoms with Crippen LogP contribution >= 0.6 is 23.4 Å². The highest BCUT2D eigenvalue weighted by atomic mass is 35.5. The van der Waals surface area contributed by atoms with Crippen LogP contribution in [-0.2, 0) is 11.2 Å². The Balaban J connectivity index is 3.27. The summed E-state index contributed by atoms with van der Waals surface area (Å²) in [5, 5.41) is 8.14. The maximum atomic E-state index is 11.3. The van der Waals surface area contributed by atoms with E-state index in [4.69, 9.17) is 16.9 Å². The Labute approximate surface area is 105 Å². The van der Waals surface area contributed by atoms with Gasteiger partial charge in [-0.2, -0.15) is 5.26 Å². The molecule has 1 unspecified atom stereocenters. The van der Waals surface area contributed by atoms with Gasteiger partial charge in [-0.25, -0.2) is 0 Å². The van der Waals surface area contributed by atoms with E-state index in [-0.39, 0.29) is 12.2 Å². The molecular formula is C12H12ClNOS. The third-order valence-electron chi connectivity index (χ3n) is 2.27. The van der Waals surface area contributed by atoms with Crippen molar-refractivity contribution in [2.75, 3.05) is 6.26 Å². The lowest BCUT2D eigenvalue weighted by Crippen LogP contribution is -2.06. The molecule has 16 heavy (non-hydrogen) atoms. The average Bonchev–Trinajstić information content (AvgIpc) is 2.28. The number of nitrogens with zero attached hydrogens (tertiary/aromatic N) is 1. The highest BCUT2D eigenvalue weighted by Gasteiger charge is 2.18. The van der Waals surface area contributed by atoms with Crippen LogP contribution in [-0.4, -0.2) is 12.0 Å². The third-order valence-corrected chi connectivity index (χ3v) is 3.64. The molecule has 2 nitrogen and oxygen atoms in total. The molecule has 84 valence electrons. The number of halogens is 1. The summed E-state index contributed by atoms with van der Waals surface area (Å²) in [6.07, 6.45) is 2.22. The minimum absolute atomic E-state index is 0.0980. The number of carbonyl (C=O) groups is 1. The summed E-state index contributed by atoms with van der Waals surface area (Å²) in [5.74, 6) is -0.0980. The Morgan fingerprint density at radius 1 is 1.62 bits per heavy atom. The molecule has 0 aliphatic rings. The first-order chi connectivity index (χ1) is 7.61. The van der Waals surface area contributed by atoms with Crippen LogP contribution in [0.15, 0.2) is 23.1 Å². The molecule has 0 N–H and O–H groups in total. The predicted octanol–water partition coefficient (Wildman–Crippen LogP) is 3.34. The molecular weight excluding hydrogens is 242 g/mol. The Morgan fingerprint density at radius 3 is 2.81 bits per heavy atom. The van der Waals surface area contributed by atoms with E-state index in [0.29, 0.717) is 0 Å². The normalized spacial score (nSPS) is 11.9. The van der Waals surface area contributed by atoms with Crippen molar-refractivity contribution < 1.29 is 4.79 Å². The smallest absolute Gasteiger partial charge is 0.152 e. The lowest BCUT2D eigenvalue weighted by Gasteiger charge is -2.13. The van der Waals surface area contributed by atoms with Crippen LogP contribution < -0.4 is 0 Å². The Morgan fingerprint density at radius 2 is 2.31 bits per heavy atom. The molecule has 0 amide bonds. The van der Waals surface area contributed by atoms with E-state index < -0.39 is 5.38 Å². The van der Waals surface area contributed by atoms with E-state index in [0.717, 1.165) is 16.0 Å². The van der Waals surface area contributed by atoms with Crippen LogP contribution in [0.1, 0.15) is 23.4 Å². The number of carbonyl (C=O) groups excluding carboxylic acids is 1. The fourth-order valence-corrected chi connectivity index (χ4v) is 2.35. The molecule has 0 bridgehead atoms. The number of rotatable bonds is 4. The largest absolute Gasteiger partial charge is 0.298 e. The summed E-state index contributed by atoms with van der Waals surface area (Å²) in [5.41, 5.74) is 1.62. The fraction of sp³-hybridized carbons (Fsp3) is 0.333. The van der Waals surface area contributed by atoms with Gasteiger partial charge in [0.1, 0.15) is 5.38 Å². The zero-order valence-electron chi connectivity index (χ0n) is 9.16. The molecule has 0 radical (unpaired) electrons. The van der Waals surface area contributed by atoms with Crippen molar-refractivity contribution in [2.24, 2.45) is 0 Å². The van der Waals surface area contributed by atoms with Gasteiger partial charge < -0.3 is 0 Å². The van der Waals surface area contributed by atoms with Gasteiger partial charge in [0, 0.05) is 4.90 Å². The minimum atomic E-state index is -0.657. The number of Topliss-reactive ketones (excluding diaryl/α,β-unsaturated/α-hetero) is 1. The van der Waals surface area contributed by atoms with E-state index >= 15 is 0 Å². The highest BCUT2D eigenvalue weighted by molar-refractivity contribution is 7.98. The van der Waals surface area contributed by atoms with Crippen LogP contribution in [0.4, 0.5) is 0 Å². The van der Waals surface area contributed by atoms with Crippen molar-refractivity contribution in [1.29, 1.82) is 5.26 Å². The molecule has 4 heteroatoms. The third kappa shape index (κ3) is 2.78. The summed E-state index contributed by atoms with van der Waals surface area (Å²) in [6, 6.07) is 7.72. The lowest BCUT2D eigenvalue weighted by molar-refractivity contribution is -0.116. The standard InChI is InChI=1S/C12H12ClNOS/c1-8(15)12(13)10-4-3-5-11(16-2)9(10)6-7-14/h3-5,12H,6H2,1-2H3. The van der Waals surface area contributed by atoms with Gasteiger partial charge in [0.15, 0.2) is 5.78 Å². The summed E-state index contributed by atoms with van der Waals surface area (Å²) >= 11 is 7.60. The topological polar surface area (TPSA) is 40.9 Å². The quantitative estimate of drug-likeness (QED) is 0.610. The summed E-state index contributed by atoms with van der Waals surface area (Å²) < 4.78 is 0. The first-order valence-electron chi connectivity index (χ1n) is 4.79. The number of hydrogen-bond donors (Lipinski definition) is 0.